The highest BCUT2D eigenvalue weighted by molar-refractivity contribution is 9.10. The Morgan fingerprint density at radius 3 is 1.85 bits per heavy atom. The molecule has 0 heterocycles. The molecule has 2 N–H and O–H groups in total. The van der Waals surface area contributed by atoms with Crippen LogP contribution in [0, 0.1) is 22.7 Å². The SMILES string of the molecule is CNC(=O)c1cc(Br)ccc1C#N.N#Cc1ccc(Br)cc1C(=O)O.[2H]CF. The molecule has 0 fully saturated rings. The molecule has 0 aliphatic carbocycles. The van der Waals surface area contributed by atoms with E-state index in [1.165, 1.54) is 19.2 Å². The number of alkyl halides is 1. The minimum Gasteiger partial charge on any atom is -0.478 e. The molecule has 1 amide bonds. The maximum Gasteiger partial charge on any atom is 0.337 e. The van der Waals surface area contributed by atoms with Crippen LogP contribution in [0.15, 0.2) is 45.3 Å². The number of hydrogen-bond donors (Lipinski definition) is 2. The smallest absolute Gasteiger partial charge is 0.337 e. The van der Waals surface area contributed by atoms with E-state index in [0.29, 0.717) is 15.6 Å². The van der Waals surface area contributed by atoms with Crippen LogP contribution in [0.25, 0.3) is 0 Å². The fourth-order valence-electron chi connectivity index (χ4n) is 1.73. The lowest BCUT2D eigenvalue weighted by molar-refractivity contribution is 0.0696. The van der Waals surface area contributed by atoms with Crippen molar-refractivity contribution in [1.29, 1.82) is 10.5 Å². The number of hydrogen-bond acceptors (Lipinski definition) is 4. The van der Waals surface area contributed by atoms with Crippen molar-refractivity contribution in [3.8, 4) is 12.1 Å². The monoisotopic (exact) mass is 498 g/mol. The molecule has 2 aromatic rings. The minimum atomic E-state index is -1.09. The Balaban J connectivity index is 0.000000458. The molecule has 2 aromatic carbocycles. The number of carboxylic acids is 1. The van der Waals surface area contributed by atoms with Crippen molar-refractivity contribution in [3.05, 3.63) is 67.6 Å². The minimum absolute atomic E-state index is 0.0203. The molecule has 0 bridgehead atoms. The Morgan fingerprint density at radius 1 is 1.07 bits per heavy atom. The van der Waals surface area contributed by atoms with Crippen LogP contribution in [0.5, 0.6) is 0 Å². The largest absolute Gasteiger partial charge is 0.478 e. The number of rotatable bonds is 2. The van der Waals surface area contributed by atoms with E-state index < -0.39 is 13.1 Å². The second-order valence-corrected chi connectivity index (χ2v) is 6.32. The first kappa shape index (κ1) is 22.3. The Morgan fingerprint density at radius 2 is 1.48 bits per heavy atom. The van der Waals surface area contributed by atoms with Gasteiger partial charge in [-0.15, -0.1) is 0 Å². The number of benzene rings is 2. The molecule has 0 unspecified atom stereocenters. The first-order valence-electron chi connectivity index (χ1n) is 7.66. The number of aromatic carboxylic acids is 1. The highest BCUT2D eigenvalue weighted by Gasteiger charge is 2.10. The third kappa shape index (κ3) is 7.57. The highest BCUT2D eigenvalue weighted by atomic mass is 79.9. The molecule has 0 aromatic heterocycles. The van der Waals surface area contributed by atoms with Crippen molar-refractivity contribution in [3.63, 3.8) is 0 Å². The van der Waals surface area contributed by atoms with Crippen LogP contribution in [-0.4, -0.2) is 31.2 Å². The number of halogens is 3. The van der Waals surface area contributed by atoms with E-state index in [4.69, 9.17) is 17.0 Å². The van der Waals surface area contributed by atoms with E-state index in [-0.39, 0.29) is 17.0 Å². The van der Waals surface area contributed by atoms with Crippen molar-refractivity contribution < 1.29 is 20.5 Å². The Bertz CT molecular complexity index is 927. The fourth-order valence-corrected chi connectivity index (χ4v) is 2.45. The van der Waals surface area contributed by atoms with Crippen molar-refractivity contribution >= 4 is 43.7 Å². The van der Waals surface area contributed by atoms with E-state index >= 15 is 0 Å². The quantitative estimate of drug-likeness (QED) is 0.639. The zero-order valence-electron chi connectivity index (χ0n) is 15.0. The summed E-state index contributed by atoms with van der Waals surface area (Å²) in [5.74, 6) is -1.34. The van der Waals surface area contributed by atoms with Crippen LogP contribution in [0.2, 0.25) is 0 Å². The van der Waals surface area contributed by atoms with Gasteiger partial charge < -0.3 is 10.4 Å². The molecule has 0 radical (unpaired) electrons. The Hall–Kier alpha value is -2.75. The molecule has 2 rings (SSSR count). The third-order valence-electron chi connectivity index (χ3n) is 2.91. The zero-order valence-corrected chi connectivity index (χ0v) is 17.1. The predicted molar refractivity (Wildman–Crippen MR) is 105 cm³/mol. The lowest BCUT2D eigenvalue weighted by Gasteiger charge is -2.02. The summed E-state index contributed by atoms with van der Waals surface area (Å²) < 4.78 is 16.9. The zero-order chi connectivity index (χ0) is 21.7. The summed E-state index contributed by atoms with van der Waals surface area (Å²) in [4.78, 5) is 21.8. The second-order valence-electron chi connectivity index (χ2n) is 4.49. The lowest BCUT2D eigenvalue weighted by atomic mass is 10.1. The van der Waals surface area contributed by atoms with Crippen LogP contribution in [0.3, 0.4) is 0 Å². The van der Waals surface area contributed by atoms with Gasteiger partial charge in [0.2, 0.25) is 0 Å². The predicted octanol–water partition coefficient (Wildman–Crippen LogP) is 4.29. The Labute approximate surface area is 173 Å². The van der Waals surface area contributed by atoms with Gasteiger partial charge in [0.25, 0.3) is 5.91 Å². The molecular weight excluding hydrogens is 485 g/mol. The van der Waals surface area contributed by atoms with Crippen LogP contribution in [-0.2, 0) is 0 Å². The van der Waals surface area contributed by atoms with Gasteiger partial charge in [-0.25, -0.2) is 4.79 Å². The number of nitrogens with one attached hydrogen (secondary N) is 1. The van der Waals surface area contributed by atoms with Gasteiger partial charge in [-0.05, 0) is 36.4 Å². The van der Waals surface area contributed by atoms with E-state index in [1.807, 2.05) is 6.07 Å². The molecule has 0 aliphatic heterocycles. The number of nitrogens with zero attached hydrogens (tertiary/aromatic N) is 2. The van der Waals surface area contributed by atoms with Gasteiger partial charge in [0.1, 0.15) is 6.07 Å². The third-order valence-corrected chi connectivity index (χ3v) is 3.89. The first-order valence-corrected chi connectivity index (χ1v) is 8.54. The van der Waals surface area contributed by atoms with Gasteiger partial charge >= 0.3 is 5.97 Å². The summed E-state index contributed by atoms with van der Waals surface area (Å²) in [6, 6.07) is 13.2. The summed E-state index contributed by atoms with van der Waals surface area (Å²) in [6.07, 6.45) is 0. The normalized spacial score (nSPS) is 9.04. The highest BCUT2D eigenvalue weighted by Crippen LogP contribution is 2.16. The summed E-state index contributed by atoms with van der Waals surface area (Å²) in [5, 5.41) is 28.4. The maximum atomic E-state index is 11.3. The van der Waals surface area contributed by atoms with Crippen LogP contribution >= 0.6 is 31.9 Å². The molecule has 9 heteroatoms. The van der Waals surface area contributed by atoms with E-state index in [0.717, 1.165) is 4.47 Å². The van der Waals surface area contributed by atoms with Crippen LogP contribution in [0.1, 0.15) is 33.2 Å². The fraction of sp³-hybridized carbons (Fsp3) is 0.111. The molecule has 0 saturated carbocycles. The number of carbonyl (C=O) groups is 2. The van der Waals surface area contributed by atoms with Gasteiger partial charge in [0, 0.05) is 16.0 Å². The number of carbonyl (C=O) groups excluding carboxylic acids is 1. The van der Waals surface area contributed by atoms with Crippen LogP contribution in [0.4, 0.5) is 4.39 Å². The molecular formula is C18H14Br2FN3O3. The van der Waals surface area contributed by atoms with E-state index in [9.17, 15) is 14.0 Å². The van der Waals surface area contributed by atoms with Gasteiger partial charge in [-0.1, -0.05) is 31.9 Å². The van der Waals surface area contributed by atoms with Crippen LogP contribution < -0.4 is 5.32 Å². The molecule has 0 spiro atoms. The average molecular weight is 500 g/mol. The summed E-state index contributed by atoms with van der Waals surface area (Å²) in [5.41, 5.74) is 0.958. The summed E-state index contributed by atoms with van der Waals surface area (Å²) in [7, 11) is 0.532. The van der Waals surface area contributed by atoms with Crippen molar-refractivity contribution in [2.24, 2.45) is 0 Å². The molecule has 0 atom stereocenters. The number of carboxylic acid groups (broad SMARTS) is 1. The molecule has 0 aliphatic rings. The van der Waals surface area contributed by atoms with Gasteiger partial charge in [0.05, 0.1) is 36.8 Å². The molecule has 0 saturated heterocycles. The summed E-state index contributed by atoms with van der Waals surface area (Å²) in [6.45, 7) is 0. The molecule has 27 heavy (non-hydrogen) atoms. The van der Waals surface area contributed by atoms with Gasteiger partial charge in [-0.2, -0.15) is 10.5 Å². The average Bonchev–Trinajstić information content (AvgIpc) is 2.68. The van der Waals surface area contributed by atoms with E-state index in [1.54, 1.807) is 30.3 Å². The molecule has 6 nitrogen and oxygen atoms in total. The second kappa shape index (κ2) is 12.6. The number of amides is 1. The van der Waals surface area contributed by atoms with Crippen molar-refractivity contribution in [2.75, 3.05) is 14.2 Å². The summed E-state index contributed by atoms with van der Waals surface area (Å²) >= 11 is 6.35. The van der Waals surface area contributed by atoms with Crippen molar-refractivity contribution in [2.45, 2.75) is 0 Å². The van der Waals surface area contributed by atoms with Gasteiger partial charge in [-0.3, -0.25) is 9.18 Å². The molecule has 140 valence electrons. The number of nitriles is 2. The lowest BCUT2D eigenvalue weighted by Crippen LogP contribution is -2.18. The van der Waals surface area contributed by atoms with E-state index in [2.05, 4.69) is 37.2 Å². The van der Waals surface area contributed by atoms with Crippen molar-refractivity contribution in [1.82, 2.24) is 5.32 Å². The maximum absolute atomic E-state index is 11.3. The Kier molecular flexibility index (Phi) is 10.4. The first-order chi connectivity index (χ1) is 13.2. The topological polar surface area (TPSA) is 114 Å². The standard InChI is InChI=1S/C9H7BrN2O.C8H4BrNO2.CH3F/c1-12-9(13)8-4-7(10)3-2-6(8)5-11;9-6-2-1-5(4-10)7(3-6)8(11)12;1-2/h2-4H,1H3,(H,12,13);1-3H,(H,11,12);1H3/i;;1D. The van der Waals surface area contributed by atoms with Gasteiger partial charge in [0.15, 0.2) is 0 Å².